The summed E-state index contributed by atoms with van der Waals surface area (Å²) in [5, 5.41) is 0. The fraction of sp³-hybridized carbons (Fsp3) is 0.632. The number of methoxy groups -OCH3 is 1. The first-order valence-corrected chi connectivity index (χ1v) is 9.92. The summed E-state index contributed by atoms with van der Waals surface area (Å²) in [6.45, 7) is 2.58. The van der Waals surface area contributed by atoms with E-state index in [1.54, 1.807) is 23.8 Å². The molecule has 0 spiro atoms. The first-order valence-electron chi connectivity index (χ1n) is 8.70. The van der Waals surface area contributed by atoms with Gasteiger partial charge >= 0.3 is 0 Å². The van der Waals surface area contributed by atoms with E-state index < -0.39 is 0 Å². The van der Waals surface area contributed by atoms with Gasteiger partial charge in [0, 0.05) is 18.5 Å². The Kier molecular flexibility index (Phi) is 7.43. The van der Waals surface area contributed by atoms with Gasteiger partial charge in [0.15, 0.2) is 0 Å². The molecule has 24 heavy (non-hydrogen) atoms. The number of carbonyl (C=O) groups is 1. The van der Waals surface area contributed by atoms with Gasteiger partial charge in [0.25, 0.3) is 5.91 Å². The van der Waals surface area contributed by atoms with Crippen molar-refractivity contribution in [1.29, 1.82) is 0 Å². The van der Waals surface area contributed by atoms with Crippen LogP contribution in [0.4, 0.5) is 0 Å². The van der Waals surface area contributed by atoms with Crippen molar-refractivity contribution in [2.24, 2.45) is 0 Å². The second kappa shape index (κ2) is 9.33. The second-order valence-electron chi connectivity index (χ2n) is 6.32. The van der Waals surface area contributed by atoms with E-state index in [1.165, 1.54) is 12.8 Å². The highest BCUT2D eigenvalue weighted by Gasteiger charge is 2.26. The molecule has 1 unspecified atom stereocenters. The van der Waals surface area contributed by atoms with Crippen LogP contribution >= 0.6 is 11.8 Å². The Morgan fingerprint density at radius 2 is 2.08 bits per heavy atom. The molecule has 0 bridgehead atoms. The number of hydrogen-bond donors (Lipinski definition) is 0. The van der Waals surface area contributed by atoms with E-state index in [0.717, 1.165) is 29.1 Å². The Bertz CT molecular complexity index is 543. The highest BCUT2D eigenvalue weighted by atomic mass is 32.2. The normalized spacial score (nSPS) is 16.2. The number of nitrogens with zero attached hydrogens (tertiary/aromatic N) is 1. The lowest BCUT2D eigenvalue weighted by Gasteiger charge is -2.26. The summed E-state index contributed by atoms with van der Waals surface area (Å²) in [5.41, 5.74) is 1.07. The van der Waals surface area contributed by atoms with Crippen LogP contribution in [0.25, 0.3) is 0 Å². The van der Waals surface area contributed by atoms with Crippen LogP contribution in [0, 0.1) is 0 Å². The molecule has 0 aromatic heterocycles. The average molecular weight is 352 g/mol. The van der Waals surface area contributed by atoms with Gasteiger partial charge in [-0.3, -0.25) is 4.79 Å². The van der Waals surface area contributed by atoms with Crippen molar-refractivity contribution in [3.63, 3.8) is 0 Å². The van der Waals surface area contributed by atoms with E-state index >= 15 is 0 Å². The summed E-state index contributed by atoms with van der Waals surface area (Å²) in [6, 6.07) is 6.11. The van der Waals surface area contributed by atoms with E-state index in [1.807, 2.05) is 32.4 Å². The van der Waals surface area contributed by atoms with Crippen molar-refractivity contribution in [3.8, 4) is 5.75 Å². The molecule has 0 heterocycles. The second-order valence-corrected chi connectivity index (χ2v) is 7.17. The van der Waals surface area contributed by atoms with E-state index in [4.69, 9.17) is 9.47 Å². The molecule has 1 fully saturated rings. The maximum absolute atomic E-state index is 12.7. The zero-order chi connectivity index (χ0) is 17.5. The Morgan fingerprint density at radius 1 is 1.38 bits per heavy atom. The zero-order valence-electron chi connectivity index (χ0n) is 15.2. The summed E-state index contributed by atoms with van der Waals surface area (Å²) in [5.74, 6) is 0.924. The van der Waals surface area contributed by atoms with E-state index in [-0.39, 0.29) is 18.1 Å². The summed E-state index contributed by atoms with van der Waals surface area (Å²) in [6.07, 6.45) is 7.27. The molecular weight excluding hydrogens is 322 g/mol. The quantitative estimate of drug-likeness (QED) is 0.661. The van der Waals surface area contributed by atoms with Crippen LogP contribution in [-0.2, 0) is 16.1 Å². The molecule has 0 radical (unpaired) electrons. The Balaban J connectivity index is 1.98. The van der Waals surface area contributed by atoms with Crippen LogP contribution < -0.4 is 4.74 Å². The van der Waals surface area contributed by atoms with Gasteiger partial charge in [0.1, 0.15) is 11.9 Å². The molecule has 1 aliphatic carbocycles. The van der Waals surface area contributed by atoms with Crippen molar-refractivity contribution in [1.82, 2.24) is 4.90 Å². The van der Waals surface area contributed by atoms with Crippen molar-refractivity contribution in [2.75, 3.05) is 20.4 Å². The highest BCUT2D eigenvalue weighted by Crippen LogP contribution is 2.29. The lowest BCUT2D eigenvalue weighted by atomic mass is 10.1. The largest absolute Gasteiger partial charge is 0.496 e. The molecule has 2 rings (SSSR count). The molecular formula is C19H29NO3S. The molecule has 0 N–H and O–H groups in total. The summed E-state index contributed by atoms with van der Waals surface area (Å²) < 4.78 is 11.5. The predicted molar refractivity (Wildman–Crippen MR) is 98.7 cm³/mol. The van der Waals surface area contributed by atoms with Gasteiger partial charge in [-0.15, -0.1) is 11.8 Å². The Labute approximate surface area is 149 Å². The first-order chi connectivity index (χ1) is 11.6. The molecule has 0 saturated heterocycles. The van der Waals surface area contributed by atoms with Gasteiger partial charge in [0.2, 0.25) is 0 Å². The first kappa shape index (κ1) is 19.1. The van der Waals surface area contributed by atoms with E-state index in [2.05, 4.69) is 6.07 Å². The topological polar surface area (TPSA) is 38.8 Å². The minimum Gasteiger partial charge on any atom is -0.496 e. The number of benzene rings is 1. The van der Waals surface area contributed by atoms with E-state index in [9.17, 15) is 4.79 Å². The molecule has 4 nitrogen and oxygen atoms in total. The minimum atomic E-state index is -0.328. The Hall–Kier alpha value is -1.20. The third kappa shape index (κ3) is 4.90. The molecule has 5 heteroatoms. The number of ether oxygens (including phenoxy) is 2. The van der Waals surface area contributed by atoms with Gasteiger partial charge in [-0.05, 0) is 43.2 Å². The van der Waals surface area contributed by atoms with Crippen molar-refractivity contribution in [3.05, 3.63) is 23.8 Å². The van der Waals surface area contributed by atoms with Crippen molar-refractivity contribution in [2.45, 2.75) is 62.7 Å². The maximum Gasteiger partial charge on any atom is 0.251 e. The number of carbonyl (C=O) groups excluding carboxylic acids is 1. The summed E-state index contributed by atoms with van der Waals surface area (Å²) in [4.78, 5) is 15.6. The smallest absolute Gasteiger partial charge is 0.251 e. The average Bonchev–Trinajstić information content (AvgIpc) is 3.12. The van der Waals surface area contributed by atoms with Crippen molar-refractivity contribution < 1.29 is 14.3 Å². The number of hydrogen-bond acceptors (Lipinski definition) is 4. The third-order valence-corrected chi connectivity index (χ3v) is 5.33. The standard InChI is InChI=1S/C19H29NO3S/c1-5-16(23-15-8-6-7-9-15)19(21)20(2)13-14-10-11-18(24-4)17(12-14)22-3/h10-12,15-16H,5-9,13H2,1-4H3. The monoisotopic (exact) mass is 351 g/mol. The predicted octanol–water partition coefficient (Wildman–Crippen LogP) is 4.11. The molecule has 1 aromatic carbocycles. The number of amides is 1. The molecule has 134 valence electrons. The molecule has 1 aliphatic rings. The lowest BCUT2D eigenvalue weighted by Crippen LogP contribution is -2.39. The van der Waals surface area contributed by atoms with Gasteiger partial charge < -0.3 is 14.4 Å². The fourth-order valence-electron chi connectivity index (χ4n) is 3.16. The SMILES string of the molecule is CCC(OC1CCCC1)C(=O)N(C)Cc1ccc(SC)c(OC)c1. The molecule has 1 atom stereocenters. The van der Waals surface area contributed by atoms with Crippen LogP contribution in [0.2, 0.25) is 0 Å². The maximum atomic E-state index is 12.7. The van der Waals surface area contributed by atoms with Gasteiger partial charge in [0.05, 0.1) is 13.2 Å². The number of thioether (sulfide) groups is 1. The lowest BCUT2D eigenvalue weighted by molar-refractivity contribution is -0.147. The van der Waals surface area contributed by atoms with Crippen LogP contribution in [0.15, 0.2) is 23.1 Å². The molecule has 1 aromatic rings. The molecule has 1 amide bonds. The molecule has 0 aliphatic heterocycles. The van der Waals surface area contributed by atoms with Gasteiger partial charge in [-0.25, -0.2) is 0 Å². The van der Waals surface area contributed by atoms with Gasteiger partial charge in [-0.2, -0.15) is 0 Å². The van der Waals surface area contributed by atoms with E-state index in [0.29, 0.717) is 13.0 Å². The summed E-state index contributed by atoms with van der Waals surface area (Å²) in [7, 11) is 3.52. The molecule has 1 saturated carbocycles. The third-order valence-electron chi connectivity index (χ3n) is 4.55. The number of rotatable bonds is 8. The van der Waals surface area contributed by atoms with Crippen LogP contribution in [0.5, 0.6) is 5.75 Å². The van der Waals surface area contributed by atoms with Crippen molar-refractivity contribution >= 4 is 17.7 Å². The number of likely N-dealkylation sites (N-methyl/N-ethyl adjacent to an activating group) is 1. The van der Waals surface area contributed by atoms with Crippen LogP contribution in [-0.4, -0.2) is 43.4 Å². The van der Waals surface area contributed by atoms with Crippen LogP contribution in [0.1, 0.15) is 44.6 Å². The Morgan fingerprint density at radius 3 is 2.67 bits per heavy atom. The highest BCUT2D eigenvalue weighted by molar-refractivity contribution is 7.98. The zero-order valence-corrected chi connectivity index (χ0v) is 16.0. The fourth-order valence-corrected chi connectivity index (χ4v) is 3.71. The van der Waals surface area contributed by atoms with Gasteiger partial charge in [-0.1, -0.05) is 25.8 Å². The minimum absolute atomic E-state index is 0.0670. The van der Waals surface area contributed by atoms with Crippen LogP contribution in [0.3, 0.4) is 0 Å². The summed E-state index contributed by atoms with van der Waals surface area (Å²) >= 11 is 1.65.